The number of hydrogen-bond donors (Lipinski definition) is 3. The fourth-order valence-electron chi connectivity index (χ4n) is 4.02. The fraction of sp³-hybridized carbons (Fsp3) is 0.333. The largest absolute Gasteiger partial charge is 0.395 e. The number of nitrogens with one attached hydrogen (secondary N) is 1. The number of β-amino-alcohol motifs (C(OH)–C–C–N with tert-alkyl or cyclic N) is 1. The van der Waals surface area contributed by atoms with Crippen molar-refractivity contribution in [3.05, 3.63) is 42.6 Å². The lowest BCUT2D eigenvalue weighted by Gasteiger charge is -2.31. The number of aromatic nitrogens is 6. The van der Waals surface area contributed by atoms with E-state index in [1.807, 2.05) is 10.9 Å². The summed E-state index contributed by atoms with van der Waals surface area (Å²) in [4.78, 5) is 18.7. The van der Waals surface area contributed by atoms with Gasteiger partial charge in [0, 0.05) is 31.4 Å². The first kappa shape index (κ1) is 19.6. The van der Waals surface area contributed by atoms with Gasteiger partial charge in [0.2, 0.25) is 0 Å². The van der Waals surface area contributed by atoms with Crippen LogP contribution in [0.15, 0.2) is 36.8 Å². The average molecular weight is 422 g/mol. The van der Waals surface area contributed by atoms with Crippen molar-refractivity contribution in [1.82, 2.24) is 34.6 Å². The van der Waals surface area contributed by atoms with Crippen molar-refractivity contribution >= 4 is 16.9 Å². The van der Waals surface area contributed by atoms with Gasteiger partial charge in [-0.05, 0) is 31.0 Å². The molecule has 0 unspecified atom stereocenters. The van der Waals surface area contributed by atoms with E-state index in [9.17, 15) is 4.39 Å². The number of piperidine rings is 1. The van der Waals surface area contributed by atoms with Crippen molar-refractivity contribution in [2.75, 3.05) is 32.0 Å². The van der Waals surface area contributed by atoms with Gasteiger partial charge in [-0.15, -0.1) is 0 Å². The van der Waals surface area contributed by atoms with Crippen LogP contribution in [0.2, 0.25) is 0 Å². The Morgan fingerprint density at radius 1 is 1.19 bits per heavy atom. The third kappa shape index (κ3) is 3.87. The molecule has 4 aromatic rings. The van der Waals surface area contributed by atoms with E-state index in [-0.39, 0.29) is 18.2 Å². The smallest absolute Gasteiger partial charge is 0.161 e. The molecule has 4 N–H and O–H groups in total. The zero-order chi connectivity index (χ0) is 21.4. The van der Waals surface area contributed by atoms with Crippen molar-refractivity contribution in [2.24, 2.45) is 0 Å². The number of aliphatic hydroxyl groups excluding tert-OH is 1. The molecule has 0 aliphatic carbocycles. The van der Waals surface area contributed by atoms with Gasteiger partial charge in [-0.3, -0.25) is 4.68 Å². The predicted octanol–water partition coefficient (Wildman–Crippen LogP) is 2.23. The Kier molecular flexibility index (Phi) is 5.08. The number of likely N-dealkylation sites (tertiary alicyclic amines) is 1. The maximum Gasteiger partial charge on any atom is 0.161 e. The lowest BCUT2D eigenvalue weighted by molar-refractivity contribution is 0.146. The number of nitrogens with zero attached hydrogens (tertiary/aromatic N) is 6. The summed E-state index contributed by atoms with van der Waals surface area (Å²) in [7, 11) is 0. The molecule has 1 aliphatic heterocycles. The summed E-state index contributed by atoms with van der Waals surface area (Å²) in [6.07, 6.45) is 7.33. The number of nitrogen functional groups attached to an aromatic ring is 1. The molecular formula is C21H23FN8O. The van der Waals surface area contributed by atoms with Crippen LogP contribution in [0.3, 0.4) is 0 Å². The Labute approximate surface area is 177 Å². The van der Waals surface area contributed by atoms with Crippen LogP contribution in [0.25, 0.3) is 33.8 Å². The molecule has 4 heterocycles. The number of anilines is 1. The number of hydrogen-bond acceptors (Lipinski definition) is 7. The molecule has 160 valence electrons. The molecule has 0 atom stereocenters. The van der Waals surface area contributed by atoms with Crippen LogP contribution in [0.1, 0.15) is 18.9 Å². The zero-order valence-corrected chi connectivity index (χ0v) is 16.9. The van der Waals surface area contributed by atoms with Gasteiger partial charge in [0.25, 0.3) is 0 Å². The summed E-state index contributed by atoms with van der Waals surface area (Å²) in [6, 6.07) is 4.67. The van der Waals surface area contributed by atoms with E-state index in [2.05, 4.69) is 29.9 Å². The van der Waals surface area contributed by atoms with Crippen LogP contribution in [0, 0.1) is 5.82 Å². The van der Waals surface area contributed by atoms with Crippen molar-refractivity contribution in [3.8, 4) is 22.8 Å². The Morgan fingerprint density at radius 3 is 2.84 bits per heavy atom. The van der Waals surface area contributed by atoms with E-state index < -0.39 is 0 Å². The minimum Gasteiger partial charge on any atom is -0.395 e. The molecule has 0 bridgehead atoms. The van der Waals surface area contributed by atoms with Gasteiger partial charge in [0.05, 0.1) is 41.8 Å². The highest BCUT2D eigenvalue weighted by atomic mass is 19.1. The maximum absolute atomic E-state index is 13.5. The van der Waals surface area contributed by atoms with Crippen LogP contribution in [0.5, 0.6) is 0 Å². The van der Waals surface area contributed by atoms with Crippen molar-refractivity contribution in [3.63, 3.8) is 0 Å². The van der Waals surface area contributed by atoms with E-state index in [4.69, 9.17) is 10.8 Å². The van der Waals surface area contributed by atoms with Crippen LogP contribution < -0.4 is 5.73 Å². The second-order valence-corrected chi connectivity index (χ2v) is 7.74. The first-order valence-corrected chi connectivity index (χ1v) is 10.3. The molecular weight excluding hydrogens is 399 g/mol. The molecule has 0 saturated carbocycles. The molecule has 3 aromatic heterocycles. The minimum atomic E-state index is -0.342. The van der Waals surface area contributed by atoms with Crippen LogP contribution in [0.4, 0.5) is 10.2 Å². The Hall–Kier alpha value is -3.37. The third-order valence-electron chi connectivity index (χ3n) is 5.71. The van der Waals surface area contributed by atoms with Crippen LogP contribution >= 0.6 is 0 Å². The molecule has 1 aliphatic rings. The van der Waals surface area contributed by atoms with Crippen molar-refractivity contribution < 1.29 is 9.50 Å². The predicted molar refractivity (Wildman–Crippen MR) is 115 cm³/mol. The van der Waals surface area contributed by atoms with E-state index in [1.54, 1.807) is 18.5 Å². The molecule has 1 fully saturated rings. The van der Waals surface area contributed by atoms with E-state index in [0.29, 0.717) is 34.3 Å². The number of halogens is 1. The summed E-state index contributed by atoms with van der Waals surface area (Å²) in [5, 5.41) is 13.6. The molecule has 31 heavy (non-hydrogen) atoms. The highest BCUT2D eigenvalue weighted by Gasteiger charge is 2.21. The van der Waals surface area contributed by atoms with Gasteiger partial charge in [-0.25, -0.2) is 19.3 Å². The molecule has 0 radical (unpaired) electrons. The SMILES string of the molecule is Nc1ncc(-c2cnn(C3CCN(CCO)CC3)c2)nc1-c1nc2ccc(F)cc2[nH]1. The van der Waals surface area contributed by atoms with Gasteiger partial charge >= 0.3 is 0 Å². The van der Waals surface area contributed by atoms with Gasteiger partial charge < -0.3 is 20.7 Å². The molecule has 0 spiro atoms. The van der Waals surface area contributed by atoms with Crippen molar-refractivity contribution in [2.45, 2.75) is 18.9 Å². The van der Waals surface area contributed by atoms with Gasteiger partial charge in [-0.1, -0.05) is 0 Å². The van der Waals surface area contributed by atoms with E-state index in [0.717, 1.165) is 38.0 Å². The Balaban J connectivity index is 1.40. The monoisotopic (exact) mass is 422 g/mol. The molecule has 5 rings (SSSR count). The van der Waals surface area contributed by atoms with E-state index >= 15 is 0 Å². The number of imidazole rings is 1. The quantitative estimate of drug-likeness (QED) is 0.451. The molecule has 1 saturated heterocycles. The molecule has 1 aromatic carbocycles. The number of aromatic amines is 1. The number of H-pyrrole nitrogens is 1. The molecule has 9 nitrogen and oxygen atoms in total. The fourth-order valence-corrected chi connectivity index (χ4v) is 4.02. The minimum absolute atomic E-state index is 0.189. The number of nitrogens with two attached hydrogens (primary N) is 1. The second kappa shape index (κ2) is 8.05. The number of benzene rings is 1. The number of fused-ring (bicyclic) bond motifs is 1. The number of rotatable bonds is 5. The van der Waals surface area contributed by atoms with Crippen molar-refractivity contribution in [1.29, 1.82) is 0 Å². The average Bonchev–Trinajstić information content (AvgIpc) is 3.42. The standard InChI is InChI=1S/C21H23FN8O/c22-14-1-2-16-17(9-14)28-21(27-16)19-20(23)24-11-18(26-19)13-10-25-30(12-13)15-3-5-29(6-4-15)7-8-31/h1-2,9-12,15,31H,3-8H2,(H2,23,24)(H,27,28). The third-order valence-corrected chi connectivity index (χ3v) is 5.71. The molecule has 10 heteroatoms. The van der Waals surface area contributed by atoms with Crippen LogP contribution in [-0.2, 0) is 0 Å². The highest BCUT2D eigenvalue weighted by Crippen LogP contribution is 2.28. The van der Waals surface area contributed by atoms with Gasteiger partial charge in [-0.2, -0.15) is 5.10 Å². The normalized spacial score (nSPS) is 15.7. The first-order chi connectivity index (χ1) is 15.1. The summed E-state index contributed by atoms with van der Waals surface area (Å²) >= 11 is 0. The summed E-state index contributed by atoms with van der Waals surface area (Å²) in [5.74, 6) is 0.341. The van der Waals surface area contributed by atoms with Crippen LogP contribution in [-0.4, -0.2) is 66.0 Å². The lowest BCUT2D eigenvalue weighted by atomic mass is 10.1. The molecule has 0 amide bonds. The lowest BCUT2D eigenvalue weighted by Crippen LogP contribution is -2.36. The summed E-state index contributed by atoms with van der Waals surface area (Å²) in [5.41, 5.74) is 9.16. The first-order valence-electron chi connectivity index (χ1n) is 10.3. The van der Waals surface area contributed by atoms with Gasteiger partial charge in [0.1, 0.15) is 11.5 Å². The highest BCUT2D eigenvalue weighted by molar-refractivity contribution is 5.81. The zero-order valence-electron chi connectivity index (χ0n) is 16.9. The summed E-state index contributed by atoms with van der Waals surface area (Å²) < 4.78 is 15.5. The second-order valence-electron chi connectivity index (χ2n) is 7.74. The van der Waals surface area contributed by atoms with E-state index in [1.165, 1.54) is 12.1 Å². The van der Waals surface area contributed by atoms with Gasteiger partial charge in [0.15, 0.2) is 11.6 Å². The number of aliphatic hydroxyl groups is 1. The summed E-state index contributed by atoms with van der Waals surface area (Å²) in [6.45, 7) is 2.79. The topological polar surface area (TPSA) is 122 Å². The maximum atomic E-state index is 13.5. The Morgan fingerprint density at radius 2 is 2.03 bits per heavy atom. The Bertz CT molecular complexity index is 1210.